The minimum Gasteiger partial charge on any atom is -0.343 e. The van der Waals surface area contributed by atoms with Gasteiger partial charge in [-0.2, -0.15) is 0 Å². The van der Waals surface area contributed by atoms with Crippen LogP contribution < -0.4 is 5.32 Å². The third kappa shape index (κ3) is 3.46. The van der Waals surface area contributed by atoms with Crippen LogP contribution in [-0.2, 0) is 11.2 Å². The second-order valence-electron chi connectivity index (χ2n) is 6.75. The molecule has 2 aliphatic heterocycles. The number of carbonyl (C=O) groups is 1. The number of nitrogens with zero attached hydrogens (tertiary/aromatic N) is 1. The van der Waals surface area contributed by atoms with Crippen molar-refractivity contribution < 1.29 is 4.79 Å². The van der Waals surface area contributed by atoms with Crippen LogP contribution in [0.4, 0.5) is 0 Å². The number of nitrogens with one attached hydrogen (secondary N) is 1. The highest BCUT2D eigenvalue weighted by molar-refractivity contribution is 5.76. The molecule has 114 valence electrons. The molecular formula is C18H26N2O. The molecule has 0 radical (unpaired) electrons. The number of benzene rings is 1. The minimum atomic E-state index is 0.293. The van der Waals surface area contributed by atoms with Crippen LogP contribution in [-0.4, -0.2) is 36.0 Å². The van der Waals surface area contributed by atoms with E-state index >= 15 is 0 Å². The molecule has 0 saturated carbocycles. The van der Waals surface area contributed by atoms with E-state index in [0.29, 0.717) is 30.5 Å². The molecule has 2 heterocycles. The van der Waals surface area contributed by atoms with E-state index < -0.39 is 0 Å². The van der Waals surface area contributed by atoms with Crippen LogP contribution >= 0.6 is 0 Å². The summed E-state index contributed by atoms with van der Waals surface area (Å²) in [4.78, 5) is 14.4. The van der Waals surface area contributed by atoms with E-state index in [1.165, 1.54) is 24.0 Å². The molecule has 0 spiro atoms. The lowest BCUT2D eigenvalue weighted by Crippen LogP contribution is -2.48. The largest absolute Gasteiger partial charge is 0.343 e. The van der Waals surface area contributed by atoms with Gasteiger partial charge in [0, 0.05) is 31.6 Å². The van der Waals surface area contributed by atoms with Gasteiger partial charge in [-0.3, -0.25) is 4.79 Å². The van der Waals surface area contributed by atoms with E-state index in [4.69, 9.17) is 0 Å². The van der Waals surface area contributed by atoms with E-state index in [9.17, 15) is 4.79 Å². The highest BCUT2D eigenvalue weighted by Crippen LogP contribution is 2.29. The number of amides is 1. The van der Waals surface area contributed by atoms with Gasteiger partial charge in [-0.25, -0.2) is 0 Å². The standard InChI is InChI=1S/C18H26N2O/c1-13-3-5-14(6-4-13)7-10-18(21)20(2)17-11-15-8-9-16(12-17)19-15/h3-6,15-17,19H,7-12H2,1-2H3. The highest BCUT2D eigenvalue weighted by Gasteiger charge is 2.36. The first-order valence-corrected chi connectivity index (χ1v) is 8.19. The van der Waals surface area contributed by atoms with Crippen molar-refractivity contribution in [1.82, 2.24) is 10.2 Å². The molecule has 0 aliphatic carbocycles. The maximum atomic E-state index is 12.4. The zero-order valence-corrected chi connectivity index (χ0v) is 13.1. The van der Waals surface area contributed by atoms with Gasteiger partial charge in [0.2, 0.25) is 5.91 Å². The van der Waals surface area contributed by atoms with Gasteiger partial charge in [0.15, 0.2) is 0 Å². The summed E-state index contributed by atoms with van der Waals surface area (Å²) < 4.78 is 0. The van der Waals surface area contributed by atoms with E-state index in [0.717, 1.165) is 19.3 Å². The summed E-state index contributed by atoms with van der Waals surface area (Å²) in [6.45, 7) is 2.09. The first-order valence-electron chi connectivity index (χ1n) is 8.19. The van der Waals surface area contributed by atoms with Crippen molar-refractivity contribution in [3.63, 3.8) is 0 Å². The summed E-state index contributed by atoms with van der Waals surface area (Å²) >= 11 is 0. The Kier molecular flexibility index (Phi) is 4.29. The summed E-state index contributed by atoms with van der Waals surface area (Å²) in [5.41, 5.74) is 2.53. The molecule has 21 heavy (non-hydrogen) atoms. The lowest BCUT2D eigenvalue weighted by molar-refractivity contribution is -0.132. The zero-order valence-electron chi connectivity index (χ0n) is 13.1. The van der Waals surface area contributed by atoms with Gasteiger partial charge in [0.25, 0.3) is 0 Å². The molecular weight excluding hydrogens is 260 g/mol. The predicted molar refractivity (Wildman–Crippen MR) is 85.2 cm³/mol. The summed E-state index contributed by atoms with van der Waals surface area (Å²) in [5, 5.41) is 3.64. The van der Waals surface area contributed by atoms with Crippen molar-refractivity contribution in [2.75, 3.05) is 7.05 Å². The molecule has 3 rings (SSSR count). The predicted octanol–water partition coefficient (Wildman–Crippen LogP) is 2.67. The van der Waals surface area contributed by atoms with E-state index in [-0.39, 0.29) is 0 Å². The van der Waals surface area contributed by atoms with Crippen molar-refractivity contribution in [3.8, 4) is 0 Å². The Morgan fingerprint density at radius 2 is 1.81 bits per heavy atom. The molecule has 1 N–H and O–H groups in total. The van der Waals surface area contributed by atoms with Crippen molar-refractivity contribution in [1.29, 1.82) is 0 Å². The van der Waals surface area contributed by atoms with Gasteiger partial charge in [-0.1, -0.05) is 29.8 Å². The van der Waals surface area contributed by atoms with E-state index in [1.807, 2.05) is 11.9 Å². The van der Waals surface area contributed by atoms with Crippen LogP contribution in [0.3, 0.4) is 0 Å². The highest BCUT2D eigenvalue weighted by atomic mass is 16.2. The van der Waals surface area contributed by atoms with Gasteiger partial charge in [0.05, 0.1) is 0 Å². The van der Waals surface area contributed by atoms with Crippen LogP contribution in [0.5, 0.6) is 0 Å². The third-order valence-corrected chi connectivity index (χ3v) is 5.14. The Morgan fingerprint density at radius 1 is 1.19 bits per heavy atom. The minimum absolute atomic E-state index is 0.293. The van der Waals surface area contributed by atoms with Crippen LogP contribution in [0, 0.1) is 6.92 Å². The van der Waals surface area contributed by atoms with E-state index in [2.05, 4.69) is 36.5 Å². The first-order chi connectivity index (χ1) is 10.1. The van der Waals surface area contributed by atoms with Gasteiger partial charge < -0.3 is 10.2 Å². The van der Waals surface area contributed by atoms with Gasteiger partial charge in [-0.05, 0) is 44.6 Å². The third-order valence-electron chi connectivity index (χ3n) is 5.14. The number of aryl methyl sites for hydroxylation is 2. The first kappa shape index (κ1) is 14.6. The quantitative estimate of drug-likeness (QED) is 0.923. The Bertz CT molecular complexity index is 484. The number of rotatable bonds is 4. The monoisotopic (exact) mass is 286 g/mol. The average Bonchev–Trinajstić information content (AvgIpc) is 2.84. The Hall–Kier alpha value is -1.35. The smallest absolute Gasteiger partial charge is 0.222 e. The molecule has 1 amide bonds. The average molecular weight is 286 g/mol. The van der Waals surface area contributed by atoms with Crippen molar-refractivity contribution in [2.24, 2.45) is 0 Å². The molecule has 2 aliphatic rings. The fourth-order valence-corrected chi connectivity index (χ4v) is 3.73. The molecule has 2 bridgehead atoms. The van der Waals surface area contributed by atoms with Crippen LogP contribution in [0.15, 0.2) is 24.3 Å². The number of hydrogen-bond acceptors (Lipinski definition) is 2. The molecule has 3 nitrogen and oxygen atoms in total. The van der Waals surface area contributed by atoms with Crippen LogP contribution in [0.2, 0.25) is 0 Å². The number of piperidine rings is 1. The zero-order chi connectivity index (χ0) is 14.8. The lowest BCUT2D eigenvalue weighted by Gasteiger charge is -2.35. The maximum absolute atomic E-state index is 12.4. The van der Waals surface area contributed by atoms with Gasteiger partial charge >= 0.3 is 0 Å². The second kappa shape index (κ2) is 6.18. The SMILES string of the molecule is Cc1ccc(CCC(=O)N(C)C2CC3CCC(C2)N3)cc1. The molecule has 1 aromatic rings. The Morgan fingerprint density at radius 3 is 2.43 bits per heavy atom. The van der Waals surface area contributed by atoms with E-state index in [1.54, 1.807) is 0 Å². The molecule has 3 heteroatoms. The summed E-state index contributed by atoms with van der Waals surface area (Å²) in [5.74, 6) is 0.293. The maximum Gasteiger partial charge on any atom is 0.222 e. The van der Waals surface area contributed by atoms with Crippen molar-refractivity contribution in [2.45, 2.75) is 63.6 Å². The molecule has 2 unspecified atom stereocenters. The van der Waals surface area contributed by atoms with Gasteiger partial charge in [-0.15, -0.1) is 0 Å². The Balaban J connectivity index is 1.51. The van der Waals surface area contributed by atoms with Crippen LogP contribution in [0.25, 0.3) is 0 Å². The summed E-state index contributed by atoms with van der Waals surface area (Å²) in [6, 6.07) is 10.2. The second-order valence-corrected chi connectivity index (χ2v) is 6.75. The lowest BCUT2D eigenvalue weighted by atomic mass is 9.98. The normalized spacial score (nSPS) is 27.6. The van der Waals surface area contributed by atoms with Crippen LogP contribution in [0.1, 0.15) is 43.2 Å². The molecule has 2 saturated heterocycles. The topological polar surface area (TPSA) is 32.3 Å². The Labute approximate surface area is 127 Å². The number of hydrogen-bond donors (Lipinski definition) is 1. The summed E-state index contributed by atoms with van der Waals surface area (Å²) in [7, 11) is 1.99. The molecule has 2 atom stereocenters. The summed E-state index contributed by atoms with van der Waals surface area (Å²) in [6.07, 6.45) is 6.30. The van der Waals surface area contributed by atoms with Gasteiger partial charge in [0.1, 0.15) is 0 Å². The molecule has 2 fully saturated rings. The van der Waals surface area contributed by atoms with Crippen molar-refractivity contribution in [3.05, 3.63) is 35.4 Å². The number of fused-ring (bicyclic) bond motifs is 2. The molecule has 1 aromatic carbocycles. The number of carbonyl (C=O) groups excluding carboxylic acids is 1. The fraction of sp³-hybridized carbons (Fsp3) is 0.611. The van der Waals surface area contributed by atoms with Crippen molar-refractivity contribution >= 4 is 5.91 Å². The fourth-order valence-electron chi connectivity index (χ4n) is 3.73. The molecule has 0 aromatic heterocycles.